The molecule has 0 saturated heterocycles. The van der Waals surface area contributed by atoms with Gasteiger partial charge in [-0.1, -0.05) is 18.9 Å². The van der Waals surface area contributed by atoms with E-state index >= 15 is 0 Å². The Kier molecular flexibility index (Phi) is 7.78. The highest BCUT2D eigenvalue weighted by molar-refractivity contribution is 14.0. The first-order valence-electron chi connectivity index (χ1n) is 6.74. The van der Waals surface area contributed by atoms with Gasteiger partial charge in [-0.2, -0.15) is 0 Å². The number of aromatic nitrogens is 1. The Morgan fingerprint density at radius 3 is 2.84 bits per heavy atom. The van der Waals surface area contributed by atoms with Gasteiger partial charge in [-0.3, -0.25) is 9.98 Å². The fourth-order valence-electron chi connectivity index (χ4n) is 2.33. The molecule has 2 rings (SSSR count). The number of pyridine rings is 1. The maximum absolute atomic E-state index is 4.26. The SMILES string of the molecule is CN=C(NCCc1cccnc1)NC1CCCC1.I. The van der Waals surface area contributed by atoms with Gasteiger partial charge in [-0.15, -0.1) is 24.0 Å². The topological polar surface area (TPSA) is 49.3 Å². The van der Waals surface area contributed by atoms with Crippen LogP contribution >= 0.6 is 24.0 Å². The van der Waals surface area contributed by atoms with Crippen LogP contribution in [-0.2, 0) is 6.42 Å². The molecule has 106 valence electrons. The molecule has 0 amide bonds. The summed E-state index contributed by atoms with van der Waals surface area (Å²) in [4.78, 5) is 8.37. The summed E-state index contributed by atoms with van der Waals surface area (Å²) < 4.78 is 0. The third-order valence-electron chi connectivity index (χ3n) is 3.35. The molecule has 1 aliphatic rings. The molecular weight excluding hydrogens is 351 g/mol. The zero-order valence-electron chi connectivity index (χ0n) is 11.4. The molecule has 1 saturated carbocycles. The molecule has 0 spiro atoms. The van der Waals surface area contributed by atoms with Gasteiger partial charge < -0.3 is 10.6 Å². The average molecular weight is 374 g/mol. The first kappa shape index (κ1) is 16.2. The highest BCUT2D eigenvalue weighted by atomic mass is 127. The summed E-state index contributed by atoms with van der Waals surface area (Å²) in [5.41, 5.74) is 1.25. The lowest BCUT2D eigenvalue weighted by Crippen LogP contribution is -2.42. The van der Waals surface area contributed by atoms with Crippen molar-refractivity contribution in [2.75, 3.05) is 13.6 Å². The molecule has 5 heteroatoms. The van der Waals surface area contributed by atoms with E-state index < -0.39 is 0 Å². The molecule has 0 radical (unpaired) electrons. The van der Waals surface area contributed by atoms with Gasteiger partial charge in [0.1, 0.15) is 0 Å². The van der Waals surface area contributed by atoms with E-state index in [2.05, 4.69) is 26.7 Å². The number of halogens is 1. The zero-order valence-corrected chi connectivity index (χ0v) is 13.8. The van der Waals surface area contributed by atoms with Gasteiger partial charge in [-0.25, -0.2) is 0 Å². The normalized spacial score (nSPS) is 15.9. The summed E-state index contributed by atoms with van der Waals surface area (Å²) in [6.07, 6.45) is 9.90. The zero-order chi connectivity index (χ0) is 12.6. The summed E-state index contributed by atoms with van der Waals surface area (Å²) in [5.74, 6) is 0.922. The van der Waals surface area contributed by atoms with Crippen molar-refractivity contribution in [3.05, 3.63) is 30.1 Å². The minimum Gasteiger partial charge on any atom is -0.356 e. The van der Waals surface area contributed by atoms with Gasteiger partial charge in [0.25, 0.3) is 0 Å². The van der Waals surface area contributed by atoms with E-state index in [1.54, 1.807) is 6.20 Å². The molecule has 1 aliphatic carbocycles. The van der Waals surface area contributed by atoms with Crippen molar-refractivity contribution >= 4 is 29.9 Å². The van der Waals surface area contributed by atoms with E-state index in [1.165, 1.54) is 31.2 Å². The van der Waals surface area contributed by atoms with Crippen LogP contribution in [0.25, 0.3) is 0 Å². The van der Waals surface area contributed by atoms with Gasteiger partial charge in [0.2, 0.25) is 0 Å². The average Bonchev–Trinajstić information content (AvgIpc) is 2.92. The van der Waals surface area contributed by atoms with E-state index in [4.69, 9.17) is 0 Å². The largest absolute Gasteiger partial charge is 0.356 e. The van der Waals surface area contributed by atoms with Crippen molar-refractivity contribution in [3.8, 4) is 0 Å². The second kappa shape index (κ2) is 9.12. The molecule has 19 heavy (non-hydrogen) atoms. The molecule has 0 unspecified atom stereocenters. The van der Waals surface area contributed by atoms with Crippen molar-refractivity contribution in [3.63, 3.8) is 0 Å². The van der Waals surface area contributed by atoms with Gasteiger partial charge in [-0.05, 0) is 30.9 Å². The Bertz CT molecular complexity index is 374. The summed E-state index contributed by atoms with van der Waals surface area (Å²) in [5, 5.41) is 6.83. The van der Waals surface area contributed by atoms with Crippen molar-refractivity contribution in [1.82, 2.24) is 15.6 Å². The first-order chi connectivity index (χ1) is 8.88. The maximum atomic E-state index is 4.26. The quantitative estimate of drug-likeness (QED) is 0.483. The summed E-state index contributed by atoms with van der Waals surface area (Å²) in [6.45, 7) is 0.887. The van der Waals surface area contributed by atoms with Crippen LogP contribution in [0.15, 0.2) is 29.5 Å². The number of aliphatic imine (C=N–C) groups is 1. The van der Waals surface area contributed by atoms with Crippen LogP contribution in [0.5, 0.6) is 0 Å². The third-order valence-corrected chi connectivity index (χ3v) is 3.35. The lowest BCUT2D eigenvalue weighted by Gasteiger charge is -2.16. The summed E-state index contributed by atoms with van der Waals surface area (Å²) in [7, 11) is 1.83. The van der Waals surface area contributed by atoms with E-state index in [0.29, 0.717) is 6.04 Å². The van der Waals surface area contributed by atoms with Crippen molar-refractivity contribution in [1.29, 1.82) is 0 Å². The number of hydrogen-bond donors (Lipinski definition) is 2. The minimum absolute atomic E-state index is 0. The number of nitrogens with zero attached hydrogens (tertiary/aromatic N) is 2. The van der Waals surface area contributed by atoms with Crippen LogP contribution in [0, 0.1) is 0 Å². The van der Waals surface area contributed by atoms with Gasteiger partial charge in [0, 0.05) is 32.0 Å². The Morgan fingerprint density at radius 2 is 2.21 bits per heavy atom. The van der Waals surface area contributed by atoms with Crippen molar-refractivity contribution in [2.24, 2.45) is 4.99 Å². The third kappa shape index (κ3) is 5.76. The highest BCUT2D eigenvalue weighted by Gasteiger charge is 2.15. The fraction of sp³-hybridized carbons (Fsp3) is 0.571. The molecule has 0 aliphatic heterocycles. The summed E-state index contributed by atoms with van der Waals surface area (Å²) >= 11 is 0. The van der Waals surface area contributed by atoms with E-state index in [9.17, 15) is 0 Å². The predicted octanol–water partition coefficient (Wildman–Crippen LogP) is 2.35. The smallest absolute Gasteiger partial charge is 0.191 e. The Morgan fingerprint density at radius 1 is 1.42 bits per heavy atom. The number of guanidine groups is 1. The second-order valence-corrected chi connectivity index (χ2v) is 4.74. The van der Waals surface area contributed by atoms with Crippen molar-refractivity contribution in [2.45, 2.75) is 38.1 Å². The molecule has 1 aromatic rings. The van der Waals surface area contributed by atoms with Crippen LogP contribution in [0.3, 0.4) is 0 Å². The van der Waals surface area contributed by atoms with Crippen LogP contribution in [0.2, 0.25) is 0 Å². The van der Waals surface area contributed by atoms with Crippen molar-refractivity contribution < 1.29 is 0 Å². The summed E-state index contributed by atoms with van der Waals surface area (Å²) in [6, 6.07) is 4.68. The van der Waals surface area contributed by atoms with Crippen LogP contribution in [-0.4, -0.2) is 30.6 Å². The Hall–Kier alpha value is -0.850. The fourth-order valence-corrected chi connectivity index (χ4v) is 2.33. The number of nitrogens with one attached hydrogen (secondary N) is 2. The number of rotatable bonds is 4. The Balaban J connectivity index is 0.00000180. The van der Waals surface area contributed by atoms with E-state index in [0.717, 1.165) is 18.9 Å². The standard InChI is InChI=1S/C14H22N4.HI/c1-15-14(18-13-6-2-3-7-13)17-10-8-12-5-4-9-16-11-12;/h4-5,9,11,13H,2-3,6-8,10H2,1H3,(H2,15,17,18);1H. The predicted molar refractivity (Wildman–Crippen MR) is 90.1 cm³/mol. The second-order valence-electron chi connectivity index (χ2n) is 4.74. The van der Waals surface area contributed by atoms with Crippen LogP contribution < -0.4 is 10.6 Å². The van der Waals surface area contributed by atoms with Crippen LogP contribution in [0.4, 0.5) is 0 Å². The molecule has 0 bridgehead atoms. The molecule has 1 fully saturated rings. The molecule has 2 N–H and O–H groups in total. The Labute approximate surface area is 132 Å². The highest BCUT2D eigenvalue weighted by Crippen LogP contribution is 2.17. The van der Waals surface area contributed by atoms with E-state index in [1.807, 2.05) is 19.3 Å². The first-order valence-corrected chi connectivity index (χ1v) is 6.74. The van der Waals surface area contributed by atoms with Crippen LogP contribution in [0.1, 0.15) is 31.2 Å². The minimum atomic E-state index is 0. The molecule has 0 atom stereocenters. The van der Waals surface area contributed by atoms with Gasteiger partial charge in [0.05, 0.1) is 0 Å². The molecule has 0 aromatic carbocycles. The molecule has 1 heterocycles. The maximum Gasteiger partial charge on any atom is 0.191 e. The lowest BCUT2D eigenvalue weighted by atomic mass is 10.2. The molecular formula is C14H23IN4. The van der Waals surface area contributed by atoms with Gasteiger partial charge >= 0.3 is 0 Å². The molecule has 4 nitrogen and oxygen atoms in total. The monoisotopic (exact) mass is 374 g/mol. The lowest BCUT2D eigenvalue weighted by molar-refractivity contribution is 0.613. The number of hydrogen-bond acceptors (Lipinski definition) is 2. The van der Waals surface area contributed by atoms with Gasteiger partial charge in [0.15, 0.2) is 5.96 Å². The molecule has 1 aromatic heterocycles. The van der Waals surface area contributed by atoms with E-state index in [-0.39, 0.29) is 24.0 Å².